The quantitative estimate of drug-likeness (QED) is 0.673. The predicted molar refractivity (Wildman–Crippen MR) is 103 cm³/mol. The Labute approximate surface area is 159 Å². The average Bonchev–Trinajstić information content (AvgIpc) is 2.61. The van der Waals surface area contributed by atoms with Gasteiger partial charge in [-0.15, -0.1) is 0 Å². The molecule has 0 bridgehead atoms. The van der Waals surface area contributed by atoms with Crippen LogP contribution in [0.25, 0.3) is 0 Å². The second-order valence-electron chi connectivity index (χ2n) is 5.86. The SMILES string of the molecule is Cc1ccc(S(=O)(=O)N(C/C=C\CO)CC(O)c2ccc(Cl)cc2)cc1. The van der Waals surface area contributed by atoms with E-state index in [1.165, 1.54) is 10.4 Å². The molecule has 0 heterocycles. The minimum Gasteiger partial charge on any atom is -0.392 e. The van der Waals surface area contributed by atoms with Crippen LogP contribution >= 0.6 is 11.6 Å². The second kappa shape index (κ2) is 9.30. The van der Waals surface area contributed by atoms with Gasteiger partial charge in [0.2, 0.25) is 10.0 Å². The fourth-order valence-electron chi connectivity index (χ4n) is 2.38. The van der Waals surface area contributed by atoms with E-state index < -0.39 is 16.1 Å². The van der Waals surface area contributed by atoms with Crippen molar-refractivity contribution in [2.75, 3.05) is 19.7 Å². The molecule has 1 atom stereocenters. The van der Waals surface area contributed by atoms with Crippen molar-refractivity contribution in [3.63, 3.8) is 0 Å². The van der Waals surface area contributed by atoms with E-state index in [2.05, 4.69) is 0 Å². The summed E-state index contributed by atoms with van der Waals surface area (Å²) < 4.78 is 27.1. The highest BCUT2D eigenvalue weighted by Gasteiger charge is 2.26. The van der Waals surface area contributed by atoms with Crippen LogP contribution in [0, 0.1) is 6.92 Å². The number of sulfonamides is 1. The summed E-state index contributed by atoms with van der Waals surface area (Å²) in [7, 11) is -3.80. The van der Waals surface area contributed by atoms with E-state index in [1.807, 2.05) is 6.92 Å². The number of rotatable bonds is 8. The summed E-state index contributed by atoms with van der Waals surface area (Å²) in [5.41, 5.74) is 1.53. The van der Waals surface area contributed by atoms with Crippen LogP contribution in [0.1, 0.15) is 17.2 Å². The summed E-state index contributed by atoms with van der Waals surface area (Å²) in [6, 6.07) is 13.1. The van der Waals surface area contributed by atoms with Crippen molar-refractivity contribution in [2.45, 2.75) is 17.9 Å². The molecule has 2 rings (SSSR count). The first kappa shape index (κ1) is 20.6. The number of aryl methyl sites for hydroxylation is 1. The van der Waals surface area contributed by atoms with Crippen LogP contribution in [-0.2, 0) is 10.0 Å². The van der Waals surface area contributed by atoms with Gasteiger partial charge in [-0.2, -0.15) is 4.31 Å². The first-order chi connectivity index (χ1) is 12.3. The Morgan fingerprint density at radius 2 is 1.69 bits per heavy atom. The van der Waals surface area contributed by atoms with Crippen LogP contribution in [0.5, 0.6) is 0 Å². The molecule has 26 heavy (non-hydrogen) atoms. The molecule has 2 aromatic rings. The zero-order chi connectivity index (χ0) is 19.2. The van der Waals surface area contributed by atoms with Crippen molar-refractivity contribution >= 4 is 21.6 Å². The van der Waals surface area contributed by atoms with Crippen molar-refractivity contribution < 1.29 is 18.6 Å². The van der Waals surface area contributed by atoms with E-state index in [-0.39, 0.29) is 24.6 Å². The van der Waals surface area contributed by atoms with Gasteiger partial charge in [0.1, 0.15) is 0 Å². The van der Waals surface area contributed by atoms with Gasteiger partial charge < -0.3 is 10.2 Å². The van der Waals surface area contributed by atoms with Gasteiger partial charge in [-0.3, -0.25) is 0 Å². The Balaban J connectivity index is 2.28. The third-order valence-electron chi connectivity index (χ3n) is 3.87. The van der Waals surface area contributed by atoms with Crippen LogP contribution < -0.4 is 0 Å². The third-order valence-corrected chi connectivity index (χ3v) is 5.97. The fourth-order valence-corrected chi connectivity index (χ4v) is 3.90. The number of hydrogen-bond acceptors (Lipinski definition) is 4. The minimum absolute atomic E-state index is 0.0431. The molecule has 5 nitrogen and oxygen atoms in total. The molecule has 0 saturated heterocycles. The zero-order valence-electron chi connectivity index (χ0n) is 14.4. The molecule has 140 valence electrons. The van der Waals surface area contributed by atoms with Crippen LogP contribution in [0.15, 0.2) is 65.6 Å². The van der Waals surface area contributed by atoms with E-state index in [0.29, 0.717) is 10.6 Å². The van der Waals surface area contributed by atoms with Crippen LogP contribution in [0.3, 0.4) is 0 Å². The first-order valence-electron chi connectivity index (χ1n) is 8.11. The van der Waals surface area contributed by atoms with Crippen molar-refractivity contribution in [3.05, 3.63) is 76.8 Å². The predicted octanol–water partition coefficient (Wildman–Crippen LogP) is 2.92. The molecule has 0 aromatic heterocycles. The molecule has 2 aromatic carbocycles. The summed E-state index contributed by atoms with van der Waals surface area (Å²) in [6.45, 7) is 1.62. The molecule has 0 saturated carbocycles. The Kier molecular flexibility index (Phi) is 7.37. The average molecular weight is 396 g/mol. The van der Waals surface area contributed by atoms with Gasteiger partial charge in [0.05, 0.1) is 17.6 Å². The van der Waals surface area contributed by atoms with E-state index in [9.17, 15) is 13.5 Å². The number of aliphatic hydroxyl groups is 2. The number of aliphatic hydroxyl groups excluding tert-OH is 2. The van der Waals surface area contributed by atoms with E-state index in [4.69, 9.17) is 16.7 Å². The molecular weight excluding hydrogens is 374 g/mol. The van der Waals surface area contributed by atoms with Gasteiger partial charge in [0.15, 0.2) is 0 Å². The molecule has 0 aliphatic heterocycles. The van der Waals surface area contributed by atoms with Crippen LogP contribution in [0.4, 0.5) is 0 Å². The monoisotopic (exact) mass is 395 g/mol. The fraction of sp³-hybridized carbons (Fsp3) is 0.263. The molecule has 0 radical (unpaired) electrons. The summed E-state index contributed by atoms with van der Waals surface area (Å²) in [5, 5.41) is 19.9. The highest BCUT2D eigenvalue weighted by molar-refractivity contribution is 7.89. The lowest BCUT2D eigenvalue weighted by molar-refractivity contribution is 0.151. The van der Waals surface area contributed by atoms with Crippen LogP contribution in [-0.4, -0.2) is 42.6 Å². The summed E-state index contributed by atoms with van der Waals surface area (Å²) >= 11 is 5.85. The van der Waals surface area contributed by atoms with Gasteiger partial charge in [0.25, 0.3) is 0 Å². The van der Waals surface area contributed by atoms with E-state index in [0.717, 1.165) is 5.56 Å². The number of benzene rings is 2. The normalized spacial score (nSPS) is 13.4. The smallest absolute Gasteiger partial charge is 0.243 e. The molecule has 0 aliphatic carbocycles. The Morgan fingerprint density at radius 1 is 1.08 bits per heavy atom. The number of nitrogens with zero attached hydrogens (tertiary/aromatic N) is 1. The highest BCUT2D eigenvalue weighted by atomic mass is 35.5. The number of halogens is 1. The Morgan fingerprint density at radius 3 is 2.27 bits per heavy atom. The van der Waals surface area contributed by atoms with E-state index in [1.54, 1.807) is 54.6 Å². The maximum atomic E-state index is 13.0. The lowest BCUT2D eigenvalue weighted by Gasteiger charge is -2.24. The molecule has 0 amide bonds. The Hall–Kier alpha value is -1.70. The van der Waals surface area contributed by atoms with Gasteiger partial charge in [-0.25, -0.2) is 8.42 Å². The van der Waals surface area contributed by atoms with Gasteiger partial charge in [-0.05, 0) is 36.8 Å². The first-order valence-corrected chi connectivity index (χ1v) is 9.92. The summed E-state index contributed by atoms with van der Waals surface area (Å²) in [5.74, 6) is 0. The van der Waals surface area contributed by atoms with Crippen molar-refractivity contribution in [2.24, 2.45) is 0 Å². The number of hydrogen-bond donors (Lipinski definition) is 2. The van der Waals surface area contributed by atoms with Gasteiger partial charge in [-0.1, -0.05) is 53.6 Å². The lowest BCUT2D eigenvalue weighted by Crippen LogP contribution is -2.35. The van der Waals surface area contributed by atoms with Crippen molar-refractivity contribution in [1.29, 1.82) is 0 Å². The molecule has 0 spiro atoms. The molecular formula is C19H22ClNO4S. The maximum absolute atomic E-state index is 13.0. The highest BCUT2D eigenvalue weighted by Crippen LogP contribution is 2.22. The zero-order valence-corrected chi connectivity index (χ0v) is 16.0. The summed E-state index contributed by atoms with van der Waals surface area (Å²) in [6.07, 6.45) is 2.02. The van der Waals surface area contributed by atoms with Crippen molar-refractivity contribution in [1.82, 2.24) is 4.31 Å². The minimum atomic E-state index is -3.80. The van der Waals surface area contributed by atoms with Crippen LogP contribution in [0.2, 0.25) is 5.02 Å². The standard InChI is InChI=1S/C19H22ClNO4S/c1-15-4-10-18(11-5-15)26(24,25)21(12-2-3-13-22)14-19(23)16-6-8-17(20)9-7-16/h2-11,19,22-23H,12-14H2,1H3/b3-2-. The largest absolute Gasteiger partial charge is 0.392 e. The summed E-state index contributed by atoms with van der Waals surface area (Å²) in [4.78, 5) is 0.156. The lowest BCUT2D eigenvalue weighted by atomic mass is 10.1. The second-order valence-corrected chi connectivity index (χ2v) is 8.23. The topological polar surface area (TPSA) is 77.8 Å². The third kappa shape index (κ3) is 5.40. The van der Waals surface area contributed by atoms with E-state index >= 15 is 0 Å². The van der Waals surface area contributed by atoms with Gasteiger partial charge in [0, 0.05) is 18.1 Å². The molecule has 7 heteroatoms. The Bertz CT molecular complexity index is 833. The van der Waals surface area contributed by atoms with Crippen molar-refractivity contribution in [3.8, 4) is 0 Å². The van der Waals surface area contributed by atoms with Gasteiger partial charge >= 0.3 is 0 Å². The maximum Gasteiger partial charge on any atom is 0.243 e. The molecule has 0 aliphatic rings. The molecule has 1 unspecified atom stereocenters. The molecule has 2 N–H and O–H groups in total. The molecule has 0 fully saturated rings.